The number of amides is 3. The van der Waals surface area contributed by atoms with Crippen LogP contribution < -0.4 is 15.1 Å². The van der Waals surface area contributed by atoms with Gasteiger partial charge in [0, 0.05) is 16.5 Å². The third-order valence-corrected chi connectivity index (χ3v) is 10.2. The summed E-state index contributed by atoms with van der Waals surface area (Å²) in [5, 5.41) is 2.58. The molecule has 1 N–H and O–H groups in total. The van der Waals surface area contributed by atoms with Crippen molar-refractivity contribution >= 4 is 58.2 Å². The number of aromatic nitrogens is 1. The second-order valence-electron chi connectivity index (χ2n) is 10.2. The molecule has 2 aliphatic rings. The average Bonchev–Trinajstić information content (AvgIpc) is 3.45. The number of rotatable bonds is 7. The van der Waals surface area contributed by atoms with Crippen LogP contribution in [0.25, 0.3) is 0 Å². The van der Waals surface area contributed by atoms with Gasteiger partial charge >= 0.3 is 10.8 Å². The van der Waals surface area contributed by atoms with E-state index in [-0.39, 0.29) is 29.8 Å². The third-order valence-electron chi connectivity index (χ3n) is 7.57. The van der Waals surface area contributed by atoms with E-state index in [1.807, 2.05) is 55.5 Å². The molecule has 3 amide bonds. The minimum atomic E-state index is -0.811. The molecule has 0 aliphatic carbocycles. The first-order valence-corrected chi connectivity index (χ1v) is 15.4. The lowest BCUT2D eigenvalue weighted by Crippen LogP contribution is -2.33. The van der Waals surface area contributed by atoms with Crippen molar-refractivity contribution in [2.45, 2.75) is 36.6 Å². The van der Waals surface area contributed by atoms with Crippen molar-refractivity contribution in [2.75, 3.05) is 16.8 Å². The highest BCUT2D eigenvalue weighted by Gasteiger charge is 2.56. The van der Waals surface area contributed by atoms with E-state index < -0.39 is 29.0 Å². The van der Waals surface area contributed by atoms with Crippen LogP contribution in [-0.4, -0.2) is 40.1 Å². The van der Waals surface area contributed by atoms with Gasteiger partial charge in [0.2, 0.25) is 17.7 Å². The van der Waals surface area contributed by atoms with Crippen LogP contribution in [0.4, 0.5) is 11.4 Å². The third kappa shape index (κ3) is 5.19. The molecule has 0 radical (unpaired) electrons. The number of hydrogen-bond acceptors (Lipinski definition) is 8. The maximum atomic E-state index is 14.0. The van der Waals surface area contributed by atoms with Crippen molar-refractivity contribution < 1.29 is 23.9 Å². The number of nitrogens with one attached hydrogen (secondary N) is 1. The summed E-state index contributed by atoms with van der Waals surface area (Å²) in [7, 11) is 0. The molecule has 43 heavy (non-hydrogen) atoms. The zero-order valence-corrected chi connectivity index (χ0v) is 24.9. The van der Waals surface area contributed by atoms with Crippen LogP contribution in [-0.2, 0) is 25.7 Å². The fraction of sp³-hybridized carbons (Fsp3) is 0.219. The number of nitrogens with zero attached hydrogens (tertiary/aromatic N) is 2. The Morgan fingerprint density at radius 2 is 1.60 bits per heavy atom. The smallest absolute Gasteiger partial charge is 0.338 e. The van der Waals surface area contributed by atoms with Gasteiger partial charge in [-0.05, 0) is 55.3 Å². The van der Waals surface area contributed by atoms with Crippen LogP contribution in [0.15, 0.2) is 88.7 Å². The highest BCUT2D eigenvalue weighted by molar-refractivity contribution is 8.00. The van der Waals surface area contributed by atoms with Gasteiger partial charge < -0.3 is 10.1 Å². The zero-order valence-electron chi connectivity index (χ0n) is 23.3. The SMILES string of the molecule is CCOC(=O)c1ccc(N2C(=O)C3Sc4c(sc(=O)n4CC(=O)Nc4ccccc4C)[C@H](c4ccccc4)C3C2=O)cc1. The molecule has 218 valence electrons. The number of hydrogen-bond donors (Lipinski definition) is 1. The molecule has 1 fully saturated rings. The van der Waals surface area contributed by atoms with Crippen molar-refractivity contribution in [1.82, 2.24) is 4.57 Å². The van der Waals surface area contributed by atoms with Crippen LogP contribution in [0.1, 0.15) is 39.2 Å². The molecule has 3 atom stereocenters. The highest BCUT2D eigenvalue weighted by atomic mass is 32.2. The number of para-hydroxylation sites is 1. The molecule has 1 aromatic heterocycles. The minimum absolute atomic E-state index is 0.230. The minimum Gasteiger partial charge on any atom is -0.462 e. The number of anilines is 2. The maximum Gasteiger partial charge on any atom is 0.338 e. The first-order valence-electron chi connectivity index (χ1n) is 13.7. The Labute approximate surface area is 255 Å². The first kappa shape index (κ1) is 28.6. The van der Waals surface area contributed by atoms with Crippen LogP contribution in [0.3, 0.4) is 0 Å². The lowest BCUT2D eigenvalue weighted by molar-refractivity contribution is -0.122. The number of carbonyl (C=O) groups is 4. The van der Waals surface area contributed by atoms with E-state index in [1.54, 1.807) is 25.1 Å². The lowest BCUT2D eigenvalue weighted by Gasteiger charge is -2.30. The number of carbonyl (C=O) groups excluding carboxylic acids is 4. The molecule has 9 nitrogen and oxygen atoms in total. The molecule has 1 saturated heterocycles. The summed E-state index contributed by atoms with van der Waals surface area (Å²) in [6, 6.07) is 22.9. The zero-order chi connectivity index (χ0) is 30.2. The van der Waals surface area contributed by atoms with Crippen LogP contribution in [0, 0.1) is 12.8 Å². The summed E-state index contributed by atoms with van der Waals surface area (Å²) < 4.78 is 6.45. The molecule has 11 heteroatoms. The molecule has 0 spiro atoms. The number of thiazole rings is 1. The van der Waals surface area contributed by atoms with E-state index in [9.17, 15) is 24.0 Å². The van der Waals surface area contributed by atoms with E-state index in [4.69, 9.17) is 4.74 Å². The second kappa shape index (κ2) is 11.7. The number of aryl methyl sites for hydroxylation is 1. The standard InChI is InChI=1S/C32H27N3O6S2/c1-3-41-31(39)20-13-15-21(16-14-20)35-28(37)25-24(19-10-5-4-6-11-19)27-30(42-26(25)29(35)38)34(32(40)43-27)17-23(36)33-22-12-8-7-9-18(22)2/h4-16,24-26H,3,17H2,1-2H3,(H,33,36)/t24-,25?,26?/m1/s1. The van der Waals surface area contributed by atoms with Gasteiger partial charge in [-0.15, -0.1) is 0 Å². The molecule has 0 bridgehead atoms. The Balaban J connectivity index is 1.36. The van der Waals surface area contributed by atoms with Gasteiger partial charge in [-0.25, -0.2) is 9.69 Å². The van der Waals surface area contributed by atoms with Crippen LogP contribution in [0.5, 0.6) is 0 Å². The van der Waals surface area contributed by atoms with Gasteiger partial charge in [-0.3, -0.25) is 23.7 Å². The van der Waals surface area contributed by atoms with Gasteiger partial charge in [-0.2, -0.15) is 0 Å². The average molecular weight is 614 g/mol. The van der Waals surface area contributed by atoms with E-state index in [0.29, 0.717) is 26.8 Å². The number of esters is 1. The van der Waals surface area contributed by atoms with Gasteiger partial charge in [0.1, 0.15) is 11.8 Å². The molecular weight excluding hydrogens is 587 g/mol. The molecule has 2 aliphatic heterocycles. The van der Waals surface area contributed by atoms with Gasteiger partial charge in [-0.1, -0.05) is 71.6 Å². The maximum absolute atomic E-state index is 14.0. The Hall–Kier alpha value is -4.48. The molecule has 2 unspecified atom stereocenters. The molecule has 3 heterocycles. The largest absolute Gasteiger partial charge is 0.462 e. The predicted molar refractivity (Wildman–Crippen MR) is 165 cm³/mol. The number of fused-ring (bicyclic) bond motifs is 2. The molecule has 3 aromatic carbocycles. The highest BCUT2D eigenvalue weighted by Crippen LogP contribution is 2.53. The predicted octanol–water partition coefficient (Wildman–Crippen LogP) is 4.83. The van der Waals surface area contributed by atoms with E-state index in [2.05, 4.69) is 5.32 Å². The Bertz CT molecular complexity index is 1800. The summed E-state index contributed by atoms with van der Waals surface area (Å²) in [6.45, 7) is 3.60. The Morgan fingerprint density at radius 1 is 0.907 bits per heavy atom. The fourth-order valence-electron chi connectivity index (χ4n) is 5.54. The number of benzene rings is 3. The molecule has 0 saturated carbocycles. The number of imide groups is 1. The van der Waals surface area contributed by atoms with Crippen molar-refractivity contribution in [1.29, 1.82) is 0 Å². The Kier molecular flexibility index (Phi) is 7.76. The monoisotopic (exact) mass is 613 g/mol. The van der Waals surface area contributed by atoms with Crippen LogP contribution in [0.2, 0.25) is 0 Å². The molecular formula is C32H27N3O6S2. The van der Waals surface area contributed by atoms with Gasteiger partial charge in [0.25, 0.3) is 0 Å². The summed E-state index contributed by atoms with van der Waals surface area (Å²) in [5.74, 6) is -2.96. The van der Waals surface area contributed by atoms with E-state index >= 15 is 0 Å². The van der Waals surface area contributed by atoms with Crippen LogP contribution >= 0.6 is 23.1 Å². The Morgan fingerprint density at radius 3 is 2.30 bits per heavy atom. The van der Waals surface area contributed by atoms with Crippen molar-refractivity contribution in [3.05, 3.63) is 110 Å². The van der Waals surface area contributed by atoms with Crippen molar-refractivity contribution in [3.63, 3.8) is 0 Å². The fourth-order valence-corrected chi connectivity index (χ4v) is 8.31. The van der Waals surface area contributed by atoms with Crippen molar-refractivity contribution in [2.24, 2.45) is 5.92 Å². The summed E-state index contributed by atoms with van der Waals surface area (Å²) >= 11 is 2.16. The summed E-state index contributed by atoms with van der Waals surface area (Å²) in [4.78, 5) is 68.0. The van der Waals surface area contributed by atoms with Gasteiger partial charge in [0.15, 0.2) is 0 Å². The second-order valence-corrected chi connectivity index (χ2v) is 12.3. The van der Waals surface area contributed by atoms with E-state index in [0.717, 1.165) is 39.1 Å². The normalized spacial score (nSPS) is 19.1. The number of ether oxygens (including phenoxy) is 1. The first-order chi connectivity index (χ1) is 20.8. The molecule has 6 rings (SSSR count). The molecule has 4 aromatic rings. The summed E-state index contributed by atoms with van der Waals surface area (Å²) in [5.41, 5.74) is 3.01. The number of thioether (sulfide) groups is 1. The van der Waals surface area contributed by atoms with Gasteiger partial charge in [0.05, 0.1) is 28.8 Å². The van der Waals surface area contributed by atoms with Crippen molar-refractivity contribution in [3.8, 4) is 0 Å². The lowest BCUT2D eigenvalue weighted by atomic mass is 9.83. The summed E-state index contributed by atoms with van der Waals surface area (Å²) in [6.07, 6.45) is 0. The van der Waals surface area contributed by atoms with E-state index in [1.165, 1.54) is 16.7 Å². The quantitative estimate of drug-likeness (QED) is 0.235. The topological polar surface area (TPSA) is 115 Å².